The van der Waals surface area contributed by atoms with E-state index in [4.69, 9.17) is 18.3 Å². The topological polar surface area (TPSA) is 78.9 Å². The number of ether oxygens (including phenoxy) is 2. The number of carbonyl (C=O) groups excluding carboxylic acids is 1. The van der Waals surface area contributed by atoms with Crippen molar-refractivity contribution >= 4 is 21.9 Å². The lowest BCUT2D eigenvalue weighted by Crippen LogP contribution is -2.11. The number of furan rings is 1. The molecule has 2 aromatic rings. The third kappa shape index (κ3) is 5.28. The van der Waals surface area contributed by atoms with Crippen molar-refractivity contribution in [3.05, 3.63) is 50.9 Å². The Hall–Kier alpha value is -2.02. The molecule has 2 aromatic heterocycles. The standard InChI is InChI=1S/C16H17BrO6/c1-10(2)5-6-20-14-9-21-11(7-12(14)18)8-22-16(19)13-3-4-15(17)23-13/h3-4,7,9-10H,5-6,8H2,1-2H3. The molecule has 0 radical (unpaired) electrons. The summed E-state index contributed by atoms with van der Waals surface area (Å²) >= 11 is 3.10. The summed E-state index contributed by atoms with van der Waals surface area (Å²) < 4.78 is 21.1. The van der Waals surface area contributed by atoms with Crippen LogP contribution in [0.15, 0.2) is 42.8 Å². The van der Waals surface area contributed by atoms with Gasteiger partial charge in [0.15, 0.2) is 4.67 Å². The average Bonchev–Trinajstić information content (AvgIpc) is 2.93. The van der Waals surface area contributed by atoms with E-state index in [0.717, 1.165) is 6.42 Å². The van der Waals surface area contributed by atoms with Crippen LogP contribution in [0.5, 0.6) is 5.75 Å². The van der Waals surface area contributed by atoms with E-state index in [9.17, 15) is 9.59 Å². The van der Waals surface area contributed by atoms with Gasteiger partial charge in [-0.05, 0) is 40.4 Å². The second-order valence-corrected chi connectivity index (χ2v) is 6.07. The molecule has 23 heavy (non-hydrogen) atoms. The molecule has 0 saturated heterocycles. The van der Waals surface area contributed by atoms with Crippen LogP contribution < -0.4 is 10.2 Å². The summed E-state index contributed by atoms with van der Waals surface area (Å²) in [5, 5.41) is 0. The van der Waals surface area contributed by atoms with Crippen molar-refractivity contribution in [2.75, 3.05) is 6.61 Å². The highest BCUT2D eigenvalue weighted by Crippen LogP contribution is 2.15. The molecule has 6 nitrogen and oxygen atoms in total. The summed E-state index contributed by atoms with van der Waals surface area (Å²) in [5.74, 6) is 0.284. The Morgan fingerprint density at radius 3 is 2.74 bits per heavy atom. The SMILES string of the molecule is CC(C)CCOc1coc(COC(=O)c2ccc(Br)o2)cc1=O. The minimum Gasteiger partial charge on any atom is -0.487 e. The van der Waals surface area contributed by atoms with Gasteiger partial charge in [0.05, 0.1) is 6.61 Å². The first-order valence-corrected chi connectivity index (χ1v) is 7.92. The van der Waals surface area contributed by atoms with Crippen LogP contribution >= 0.6 is 15.9 Å². The molecular weight excluding hydrogens is 368 g/mol. The van der Waals surface area contributed by atoms with E-state index in [1.807, 2.05) is 0 Å². The van der Waals surface area contributed by atoms with Gasteiger partial charge in [0.2, 0.25) is 16.9 Å². The molecule has 0 aliphatic heterocycles. The number of hydrogen-bond acceptors (Lipinski definition) is 6. The van der Waals surface area contributed by atoms with E-state index >= 15 is 0 Å². The van der Waals surface area contributed by atoms with Crippen LogP contribution in [0.1, 0.15) is 36.6 Å². The zero-order valence-corrected chi connectivity index (χ0v) is 14.4. The number of halogens is 1. The minimum absolute atomic E-state index is 0.0628. The van der Waals surface area contributed by atoms with Crippen molar-refractivity contribution in [1.82, 2.24) is 0 Å². The maximum absolute atomic E-state index is 11.9. The summed E-state index contributed by atoms with van der Waals surface area (Å²) in [6.45, 7) is 4.42. The molecule has 0 aliphatic carbocycles. The summed E-state index contributed by atoms with van der Waals surface area (Å²) in [4.78, 5) is 23.6. The lowest BCUT2D eigenvalue weighted by molar-refractivity contribution is 0.0404. The van der Waals surface area contributed by atoms with E-state index in [1.165, 1.54) is 18.4 Å². The van der Waals surface area contributed by atoms with Gasteiger partial charge in [0, 0.05) is 6.07 Å². The van der Waals surface area contributed by atoms with E-state index in [-0.39, 0.29) is 29.3 Å². The molecule has 2 heterocycles. The zero-order chi connectivity index (χ0) is 16.8. The fourth-order valence-corrected chi connectivity index (χ4v) is 1.96. The average molecular weight is 385 g/mol. The molecule has 0 aromatic carbocycles. The maximum Gasteiger partial charge on any atom is 0.374 e. The Labute approximate surface area is 141 Å². The first kappa shape index (κ1) is 17.3. The smallest absolute Gasteiger partial charge is 0.374 e. The van der Waals surface area contributed by atoms with Crippen LogP contribution in [0, 0.1) is 5.92 Å². The fourth-order valence-electron chi connectivity index (χ4n) is 1.66. The van der Waals surface area contributed by atoms with E-state index < -0.39 is 5.97 Å². The van der Waals surface area contributed by atoms with E-state index in [0.29, 0.717) is 17.2 Å². The first-order chi connectivity index (χ1) is 11.0. The Bertz CT molecular complexity index is 715. The van der Waals surface area contributed by atoms with Crippen molar-refractivity contribution < 1.29 is 23.1 Å². The Morgan fingerprint density at radius 1 is 1.35 bits per heavy atom. The molecule has 0 N–H and O–H groups in total. The van der Waals surface area contributed by atoms with Crippen molar-refractivity contribution in [3.8, 4) is 5.75 Å². The van der Waals surface area contributed by atoms with Gasteiger partial charge in [-0.15, -0.1) is 0 Å². The van der Waals surface area contributed by atoms with Crippen LogP contribution in [0.2, 0.25) is 0 Å². The van der Waals surface area contributed by atoms with Crippen LogP contribution in [0.3, 0.4) is 0 Å². The molecule has 0 spiro atoms. The van der Waals surface area contributed by atoms with Crippen molar-refractivity contribution in [2.24, 2.45) is 5.92 Å². The summed E-state index contributed by atoms with van der Waals surface area (Å²) in [6, 6.07) is 4.31. The van der Waals surface area contributed by atoms with Crippen molar-refractivity contribution in [1.29, 1.82) is 0 Å². The van der Waals surface area contributed by atoms with Crippen LogP contribution in [-0.4, -0.2) is 12.6 Å². The molecule has 7 heteroatoms. The molecule has 0 atom stereocenters. The highest BCUT2D eigenvalue weighted by atomic mass is 79.9. The molecule has 0 aliphatic rings. The largest absolute Gasteiger partial charge is 0.487 e. The highest BCUT2D eigenvalue weighted by Gasteiger charge is 2.13. The molecule has 0 saturated carbocycles. The van der Waals surface area contributed by atoms with Gasteiger partial charge in [-0.1, -0.05) is 13.8 Å². The van der Waals surface area contributed by atoms with Gasteiger partial charge in [-0.25, -0.2) is 4.79 Å². The summed E-state index contributed by atoms with van der Waals surface area (Å²) in [7, 11) is 0. The molecule has 2 rings (SSSR count). The van der Waals surface area contributed by atoms with Gasteiger partial charge in [0.1, 0.15) is 18.6 Å². The Balaban J connectivity index is 1.90. The van der Waals surface area contributed by atoms with Crippen molar-refractivity contribution in [2.45, 2.75) is 26.9 Å². The molecule has 0 unspecified atom stereocenters. The second kappa shape index (κ2) is 8.01. The van der Waals surface area contributed by atoms with Gasteiger partial charge in [-0.3, -0.25) is 4.79 Å². The van der Waals surface area contributed by atoms with Crippen LogP contribution in [0.25, 0.3) is 0 Å². The quantitative estimate of drug-likeness (QED) is 0.675. The number of hydrogen-bond donors (Lipinski definition) is 0. The first-order valence-electron chi connectivity index (χ1n) is 7.12. The maximum atomic E-state index is 11.9. The van der Waals surface area contributed by atoms with Gasteiger partial charge in [-0.2, -0.15) is 0 Å². The van der Waals surface area contributed by atoms with Crippen LogP contribution in [-0.2, 0) is 11.3 Å². The summed E-state index contributed by atoms with van der Waals surface area (Å²) in [5.41, 5.74) is -0.313. The fraction of sp³-hybridized carbons (Fsp3) is 0.375. The lowest BCUT2D eigenvalue weighted by atomic mass is 10.1. The molecule has 0 fully saturated rings. The third-order valence-corrected chi connectivity index (χ3v) is 3.35. The molecule has 0 bridgehead atoms. The van der Waals surface area contributed by atoms with Crippen molar-refractivity contribution in [3.63, 3.8) is 0 Å². The molecular formula is C16H17BrO6. The predicted molar refractivity (Wildman–Crippen MR) is 85.5 cm³/mol. The molecule has 124 valence electrons. The van der Waals surface area contributed by atoms with Gasteiger partial charge < -0.3 is 18.3 Å². The second-order valence-electron chi connectivity index (χ2n) is 5.29. The molecule has 0 amide bonds. The monoisotopic (exact) mass is 384 g/mol. The number of carbonyl (C=O) groups is 1. The zero-order valence-electron chi connectivity index (χ0n) is 12.8. The minimum atomic E-state index is -0.643. The number of rotatable bonds is 7. The highest BCUT2D eigenvalue weighted by molar-refractivity contribution is 9.10. The Kier molecular flexibility index (Phi) is 6.04. The summed E-state index contributed by atoms with van der Waals surface area (Å²) in [6.07, 6.45) is 2.08. The predicted octanol–water partition coefficient (Wildman–Crippen LogP) is 3.78. The van der Waals surface area contributed by atoms with E-state index in [2.05, 4.69) is 29.8 Å². The van der Waals surface area contributed by atoms with E-state index in [1.54, 1.807) is 6.07 Å². The number of esters is 1. The third-order valence-electron chi connectivity index (χ3n) is 2.92. The lowest BCUT2D eigenvalue weighted by Gasteiger charge is -2.07. The van der Waals surface area contributed by atoms with Gasteiger partial charge >= 0.3 is 5.97 Å². The normalized spacial score (nSPS) is 10.8. The van der Waals surface area contributed by atoms with Gasteiger partial charge in [0.25, 0.3) is 0 Å². The van der Waals surface area contributed by atoms with Crippen LogP contribution in [0.4, 0.5) is 0 Å². The Morgan fingerprint density at radius 2 is 2.13 bits per heavy atom.